The van der Waals surface area contributed by atoms with Crippen molar-refractivity contribution in [1.82, 2.24) is 0 Å². The van der Waals surface area contributed by atoms with Crippen molar-refractivity contribution >= 4 is 5.97 Å². The van der Waals surface area contributed by atoms with E-state index in [4.69, 9.17) is 14.6 Å². The third kappa shape index (κ3) is 12.4. The van der Waals surface area contributed by atoms with Gasteiger partial charge >= 0.3 is 5.97 Å². The zero-order valence-corrected chi connectivity index (χ0v) is 24.4. The number of benzene rings is 3. The average molecular weight is 544 g/mol. The Labute approximate surface area is 240 Å². The molecule has 0 aliphatic carbocycles. The number of hydrogen-bond acceptors (Lipinski definition) is 4. The molecule has 0 fully saturated rings. The first kappa shape index (κ1) is 32.4. The second-order valence-electron chi connectivity index (χ2n) is 10.4. The molecular formula is C35H45NO4. The molecule has 0 bridgehead atoms. The molecule has 3 aromatic rings. The summed E-state index contributed by atoms with van der Waals surface area (Å²) in [5.41, 5.74) is 2.21. The number of ether oxygens (including phenoxy) is 2. The van der Waals surface area contributed by atoms with Crippen molar-refractivity contribution in [2.24, 2.45) is 5.41 Å². The van der Waals surface area contributed by atoms with Crippen LogP contribution < -0.4 is 9.47 Å². The molecule has 0 radical (unpaired) electrons. The monoisotopic (exact) mass is 543 g/mol. The van der Waals surface area contributed by atoms with Crippen molar-refractivity contribution in [2.45, 2.75) is 78.6 Å². The van der Waals surface area contributed by atoms with E-state index >= 15 is 0 Å². The largest absolute Gasteiger partial charge is 0.494 e. The molecule has 3 rings (SSSR count). The predicted octanol–water partition coefficient (Wildman–Crippen LogP) is 9.58. The lowest BCUT2D eigenvalue weighted by atomic mass is 9.87. The SMILES string of the molecule is CCCCC(C)(C#N)COc1ccc(C(=O)O)cc1.CCCCCCCCOc1ccc(-c2ccccc2)cc1. The second kappa shape index (κ2) is 18.5. The van der Waals surface area contributed by atoms with Crippen LogP contribution >= 0.6 is 0 Å². The first-order valence-electron chi connectivity index (χ1n) is 14.6. The van der Waals surface area contributed by atoms with Crippen molar-refractivity contribution in [3.63, 3.8) is 0 Å². The Balaban J connectivity index is 0.000000282. The van der Waals surface area contributed by atoms with Crippen LogP contribution in [0.1, 0.15) is 88.9 Å². The molecule has 3 aromatic carbocycles. The first-order chi connectivity index (χ1) is 19.4. The molecule has 5 heteroatoms. The number of carboxylic acids is 1. The number of unbranched alkanes of at least 4 members (excludes halogenated alkanes) is 6. The van der Waals surface area contributed by atoms with Crippen molar-refractivity contribution in [3.8, 4) is 28.7 Å². The van der Waals surface area contributed by atoms with E-state index in [0.717, 1.165) is 38.0 Å². The topological polar surface area (TPSA) is 79.5 Å². The maximum absolute atomic E-state index is 10.7. The second-order valence-corrected chi connectivity index (χ2v) is 10.4. The molecule has 1 N–H and O–H groups in total. The van der Waals surface area contributed by atoms with Crippen LogP contribution in [0.2, 0.25) is 0 Å². The Morgan fingerprint density at radius 1 is 0.750 bits per heavy atom. The van der Waals surface area contributed by atoms with Crippen LogP contribution in [0.4, 0.5) is 0 Å². The van der Waals surface area contributed by atoms with E-state index in [1.807, 2.05) is 13.0 Å². The Bertz CT molecular complexity index is 1140. The summed E-state index contributed by atoms with van der Waals surface area (Å²) in [6.45, 7) is 7.37. The van der Waals surface area contributed by atoms with Gasteiger partial charge in [-0.25, -0.2) is 4.79 Å². The minimum Gasteiger partial charge on any atom is -0.494 e. The quantitative estimate of drug-likeness (QED) is 0.182. The molecule has 0 aliphatic rings. The fraction of sp³-hybridized carbons (Fsp3) is 0.429. The Hall–Kier alpha value is -3.78. The van der Waals surface area contributed by atoms with Crippen LogP contribution in [0.25, 0.3) is 11.1 Å². The zero-order chi connectivity index (χ0) is 29.1. The van der Waals surface area contributed by atoms with Gasteiger partial charge < -0.3 is 14.6 Å². The highest BCUT2D eigenvalue weighted by Gasteiger charge is 2.24. The lowest BCUT2D eigenvalue weighted by molar-refractivity contribution is 0.0696. The van der Waals surface area contributed by atoms with Gasteiger partial charge in [-0.1, -0.05) is 101 Å². The van der Waals surface area contributed by atoms with Gasteiger partial charge in [0.25, 0.3) is 0 Å². The molecular weight excluding hydrogens is 498 g/mol. The fourth-order valence-electron chi connectivity index (χ4n) is 4.11. The minimum absolute atomic E-state index is 0.223. The predicted molar refractivity (Wildman–Crippen MR) is 163 cm³/mol. The molecule has 0 saturated carbocycles. The molecule has 0 aliphatic heterocycles. The smallest absolute Gasteiger partial charge is 0.335 e. The van der Waals surface area contributed by atoms with Crippen molar-refractivity contribution in [3.05, 3.63) is 84.4 Å². The number of nitrogens with zero attached hydrogens (tertiary/aromatic N) is 1. The van der Waals surface area contributed by atoms with Crippen molar-refractivity contribution in [1.29, 1.82) is 5.26 Å². The number of carbonyl (C=O) groups is 1. The van der Waals surface area contributed by atoms with Crippen LogP contribution in [-0.2, 0) is 0 Å². The first-order valence-corrected chi connectivity index (χ1v) is 14.6. The Morgan fingerprint density at radius 2 is 1.30 bits per heavy atom. The fourth-order valence-corrected chi connectivity index (χ4v) is 4.11. The summed E-state index contributed by atoms with van der Waals surface area (Å²) in [5, 5.41) is 18.0. The van der Waals surface area contributed by atoms with Crippen LogP contribution in [0.5, 0.6) is 11.5 Å². The number of hydrogen-bond donors (Lipinski definition) is 1. The van der Waals surface area contributed by atoms with Crippen LogP contribution in [0.3, 0.4) is 0 Å². The van der Waals surface area contributed by atoms with E-state index in [2.05, 4.69) is 68.4 Å². The van der Waals surface area contributed by atoms with Crippen molar-refractivity contribution in [2.75, 3.05) is 13.2 Å². The number of carboxylic acid groups (broad SMARTS) is 1. The van der Waals surface area contributed by atoms with Gasteiger partial charge in [0, 0.05) is 0 Å². The summed E-state index contributed by atoms with van der Waals surface area (Å²) in [7, 11) is 0. The summed E-state index contributed by atoms with van der Waals surface area (Å²) < 4.78 is 11.4. The molecule has 0 aromatic heterocycles. The molecule has 0 spiro atoms. The van der Waals surface area contributed by atoms with E-state index in [1.165, 1.54) is 55.4 Å². The summed E-state index contributed by atoms with van der Waals surface area (Å²) in [5.74, 6) is 0.600. The highest BCUT2D eigenvalue weighted by atomic mass is 16.5. The lowest BCUT2D eigenvalue weighted by Gasteiger charge is -2.21. The molecule has 0 amide bonds. The number of rotatable bonds is 16. The van der Waals surface area contributed by atoms with Crippen LogP contribution in [0, 0.1) is 16.7 Å². The van der Waals surface area contributed by atoms with Gasteiger partial charge in [0.05, 0.1) is 23.7 Å². The lowest BCUT2D eigenvalue weighted by Crippen LogP contribution is -2.23. The molecule has 0 saturated heterocycles. The number of nitriles is 1. The highest BCUT2D eigenvalue weighted by molar-refractivity contribution is 5.87. The van der Waals surface area contributed by atoms with Gasteiger partial charge in [0.15, 0.2) is 0 Å². The zero-order valence-electron chi connectivity index (χ0n) is 24.4. The summed E-state index contributed by atoms with van der Waals surface area (Å²) in [6.07, 6.45) is 10.6. The summed E-state index contributed by atoms with van der Waals surface area (Å²) in [4.78, 5) is 10.7. The van der Waals surface area contributed by atoms with E-state index in [0.29, 0.717) is 12.4 Å². The van der Waals surface area contributed by atoms with Gasteiger partial charge in [0.1, 0.15) is 18.1 Å². The normalized spacial score (nSPS) is 11.8. The van der Waals surface area contributed by atoms with Crippen LogP contribution in [0.15, 0.2) is 78.9 Å². The Morgan fingerprint density at radius 3 is 1.90 bits per heavy atom. The summed E-state index contributed by atoms with van der Waals surface area (Å²) >= 11 is 0. The molecule has 40 heavy (non-hydrogen) atoms. The third-order valence-corrected chi connectivity index (χ3v) is 6.74. The molecule has 1 atom stereocenters. The molecule has 5 nitrogen and oxygen atoms in total. The highest BCUT2D eigenvalue weighted by Crippen LogP contribution is 2.25. The molecule has 1 unspecified atom stereocenters. The van der Waals surface area contributed by atoms with E-state index < -0.39 is 11.4 Å². The minimum atomic E-state index is -0.962. The average Bonchev–Trinajstić information content (AvgIpc) is 3.00. The van der Waals surface area contributed by atoms with Gasteiger partial charge in [-0.15, -0.1) is 0 Å². The maximum Gasteiger partial charge on any atom is 0.335 e. The molecule has 0 heterocycles. The maximum atomic E-state index is 10.7. The molecule has 214 valence electrons. The summed E-state index contributed by atoms with van der Waals surface area (Å²) in [6, 6.07) is 27.3. The van der Waals surface area contributed by atoms with Crippen molar-refractivity contribution < 1.29 is 19.4 Å². The Kier molecular flexibility index (Phi) is 15.0. The van der Waals surface area contributed by atoms with Gasteiger partial charge in [-0.2, -0.15) is 5.26 Å². The van der Waals surface area contributed by atoms with E-state index in [9.17, 15) is 10.1 Å². The van der Waals surface area contributed by atoms with Gasteiger partial charge in [-0.3, -0.25) is 0 Å². The van der Waals surface area contributed by atoms with Gasteiger partial charge in [-0.05, 0) is 67.3 Å². The van der Waals surface area contributed by atoms with E-state index in [-0.39, 0.29) is 5.56 Å². The van der Waals surface area contributed by atoms with Crippen LogP contribution in [-0.4, -0.2) is 24.3 Å². The number of aromatic carboxylic acids is 1. The third-order valence-electron chi connectivity index (χ3n) is 6.74. The standard InChI is InChI=1S/C20H26O.C15H19NO3/c1-2-3-4-5-6-10-17-21-20-15-13-19(14-16-20)18-11-8-7-9-12-18;1-3-4-9-15(2,10-16)11-19-13-7-5-12(6-8-13)14(17)18/h7-9,11-16H,2-6,10,17H2,1H3;5-8H,3-4,9,11H2,1-2H3,(H,17,18). The van der Waals surface area contributed by atoms with Gasteiger partial charge in [0.2, 0.25) is 0 Å². The van der Waals surface area contributed by atoms with E-state index in [1.54, 1.807) is 12.1 Å².